The number of ketones is 2. The van der Waals surface area contributed by atoms with Crippen LogP contribution >= 0.6 is 0 Å². The lowest BCUT2D eigenvalue weighted by Crippen LogP contribution is -2.42. The summed E-state index contributed by atoms with van der Waals surface area (Å²) in [7, 11) is 0. The van der Waals surface area contributed by atoms with Gasteiger partial charge in [0.15, 0.2) is 11.6 Å². The maximum absolute atomic E-state index is 13.9. The van der Waals surface area contributed by atoms with Gasteiger partial charge in [0.1, 0.15) is 11.5 Å². The van der Waals surface area contributed by atoms with E-state index in [1.165, 1.54) is 0 Å². The van der Waals surface area contributed by atoms with Crippen molar-refractivity contribution in [3.63, 3.8) is 0 Å². The number of hydrogen-bond donors (Lipinski definition) is 0. The molecule has 0 saturated carbocycles. The van der Waals surface area contributed by atoms with E-state index in [1.807, 2.05) is 48.5 Å². The van der Waals surface area contributed by atoms with Gasteiger partial charge in [-0.3, -0.25) is 19.4 Å². The maximum atomic E-state index is 13.9. The molecule has 230 valence electrons. The Balaban J connectivity index is 1.49. The van der Waals surface area contributed by atoms with Crippen molar-refractivity contribution in [1.82, 2.24) is 9.80 Å². The molecule has 8 heteroatoms. The summed E-state index contributed by atoms with van der Waals surface area (Å²) in [6.07, 6.45) is 3.15. The van der Waals surface area contributed by atoms with Crippen LogP contribution in [0.2, 0.25) is 0 Å². The van der Waals surface area contributed by atoms with Gasteiger partial charge in [0.05, 0.1) is 39.6 Å². The van der Waals surface area contributed by atoms with E-state index in [1.54, 1.807) is 0 Å². The highest BCUT2D eigenvalue weighted by Crippen LogP contribution is 2.25. The molecule has 2 aliphatic rings. The van der Waals surface area contributed by atoms with Crippen LogP contribution in [-0.4, -0.2) is 100 Å². The van der Waals surface area contributed by atoms with Crippen LogP contribution in [0, 0.1) is 11.8 Å². The fourth-order valence-corrected chi connectivity index (χ4v) is 5.55. The summed E-state index contributed by atoms with van der Waals surface area (Å²) in [6, 6.07) is 15.0. The Bertz CT molecular complexity index is 991. The number of hydrogen-bond acceptors (Lipinski definition) is 8. The van der Waals surface area contributed by atoms with E-state index in [4.69, 9.17) is 18.9 Å². The van der Waals surface area contributed by atoms with Crippen LogP contribution in [0.4, 0.5) is 0 Å². The van der Waals surface area contributed by atoms with Gasteiger partial charge in [-0.1, -0.05) is 13.8 Å². The van der Waals surface area contributed by atoms with Crippen LogP contribution in [0.25, 0.3) is 0 Å². The second kappa shape index (κ2) is 17.4. The lowest BCUT2D eigenvalue weighted by atomic mass is 9.86. The van der Waals surface area contributed by atoms with Crippen molar-refractivity contribution in [2.24, 2.45) is 11.8 Å². The number of carbonyl (C=O) groups is 2. The largest absolute Gasteiger partial charge is 0.494 e. The minimum absolute atomic E-state index is 0.124. The summed E-state index contributed by atoms with van der Waals surface area (Å²) >= 11 is 0. The first-order chi connectivity index (χ1) is 20.6. The van der Waals surface area contributed by atoms with E-state index in [0.29, 0.717) is 76.7 Å². The van der Waals surface area contributed by atoms with Gasteiger partial charge in [-0.25, -0.2) is 0 Å². The molecule has 2 atom stereocenters. The molecule has 0 radical (unpaired) electrons. The Morgan fingerprint density at radius 1 is 0.643 bits per heavy atom. The standard InChI is InChI=1S/C34H48N2O6/c1-3-19-41-31-11-7-27(8-12-31)33(37)29(25-35-15-21-39-22-16-35)5-6-30(26-36-17-23-40-24-18-36)34(38)28-9-13-32(14-10-28)42-20-4-2/h7-14,29-30H,3-6,15-26H2,1-2H3. The van der Waals surface area contributed by atoms with Crippen molar-refractivity contribution in [2.75, 3.05) is 78.9 Å². The summed E-state index contributed by atoms with van der Waals surface area (Å²) < 4.78 is 22.6. The van der Waals surface area contributed by atoms with Gasteiger partial charge in [-0.15, -0.1) is 0 Å². The van der Waals surface area contributed by atoms with Gasteiger partial charge in [-0.05, 0) is 74.2 Å². The van der Waals surface area contributed by atoms with E-state index in [9.17, 15) is 9.59 Å². The predicted molar refractivity (Wildman–Crippen MR) is 164 cm³/mol. The molecule has 2 aliphatic heterocycles. The number of Topliss-reactive ketones (excluding diaryl/α,β-unsaturated/α-hetero) is 2. The average Bonchev–Trinajstić information content (AvgIpc) is 3.05. The molecule has 0 aliphatic carbocycles. The molecule has 0 N–H and O–H groups in total. The van der Waals surface area contributed by atoms with Crippen LogP contribution in [0.15, 0.2) is 48.5 Å². The highest BCUT2D eigenvalue weighted by molar-refractivity contribution is 5.99. The van der Waals surface area contributed by atoms with Gasteiger partial charge >= 0.3 is 0 Å². The highest BCUT2D eigenvalue weighted by Gasteiger charge is 2.29. The van der Waals surface area contributed by atoms with Crippen LogP contribution < -0.4 is 9.47 Å². The predicted octanol–water partition coefficient (Wildman–Crippen LogP) is 5.01. The Kier molecular flexibility index (Phi) is 13.3. The van der Waals surface area contributed by atoms with Crippen molar-refractivity contribution in [1.29, 1.82) is 0 Å². The average molecular weight is 581 g/mol. The van der Waals surface area contributed by atoms with E-state index in [0.717, 1.165) is 50.5 Å². The van der Waals surface area contributed by atoms with Gasteiger partial charge < -0.3 is 18.9 Å². The van der Waals surface area contributed by atoms with E-state index in [-0.39, 0.29) is 23.4 Å². The summed E-state index contributed by atoms with van der Waals surface area (Å²) in [5.74, 6) is 1.38. The number of morpholine rings is 2. The second-order valence-electron chi connectivity index (χ2n) is 11.3. The van der Waals surface area contributed by atoms with E-state index < -0.39 is 0 Å². The molecule has 0 bridgehead atoms. The molecule has 2 heterocycles. The van der Waals surface area contributed by atoms with Crippen molar-refractivity contribution in [3.8, 4) is 11.5 Å². The van der Waals surface area contributed by atoms with E-state index in [2.05, 4.69) is 23.6 Å². The molecule has 2 unspecified atom stereocenters. The minimum Gasteiger partial charge on any atom is -0.494 e. The first kappa shape index (κ1) is 32.1. The smallest absolute Gasteiger partial charge is 0.167 e. The number of benzene rings is 2. The lowest BCUT2D eigenvalue weighted by molar-refractivity contribution is 0.0254. The first-order valence-electron chi connectivity index (χ1n) is 15.7. The normalized spacial score (nSPS) is 17.9. The number of ether oxygens (including phenoxy) is 4. The molecular weight excluding hydrogens is 532 g/mol. The zero-order valence-electron chi connectivity index (χ0n) is 25.4. The van der Waals surface area contributed by atoms with Crippen LogP contribution in [-0.2, 0) is 9.47 Å². The SMILES string of the molecule is CCCOc1ccc(C(=O)C(CCC(CN2CCOCC2)C(=O)c2ccc(OCCC)cc2)CN2CCOCC2)cc1. The zero-order chi connectivity index (χ0) is 29.6. The third-order valence-corrected chi connectivity index (χ3v) is 7.99. The molecule has 2 aromatic rings. The Morgan fingerprint density at radius 2 is 1.00 bits per heavy atom. The molecule has 2 aromatic carbocycles. The minimum atomic E-state index is -0.213. The summed E-state index contributed by atoms with van der Waals surface area (Å²) in [5.41, 5.74) is 1.38. The Hall–Kier alpha value is -2.78. The molecule has 2 saturated heterocycles. The Morgan fingerprint density at radius 3 is 1.33 bits per heavy atom. The summed E-state index contributed by atoms with van der Waals surface area (Å²) in [4.78, 5) is 32.4. The van der Waals surface area contributed by atoms with Crippen molar-refractivity contribution < 1.29 is 28.5 Å². The number of nitrogens with zero attached hydrogens (tertiary/aromatic N) is 2. The molecular formula is C34H48N2O6. The number of rotatable bonds is 17. The van der Waals surface area contributed by atoms with Crippen molar-refractivity contribution >= 4 is 11.6 Å². The fraction of sp³-hybridized carbons (Fsp3) is 0.588. The monoisotopic (exact) mass is 580 g/mol. The van der Waals surface area contributed by atoms with Crippen LogP contribution in [0.3, 0.4) is 0 Å². The van der Waals surface area contributed by atoms with E-state index >= 15 is 0 Å². The molecule has 8 nitrogen and oxygen atoms in total. The van der Waals surface area contributed by atoms with Crippen LogP contribution in [0.5, 0.6) is 11.5 Å². The molecule has 0 aromatic heterocycles. The summed E-state index contributed by atoms with van der Waals surface area (Å²) in [6.45, 7) is 12.8. The Labute approximate surface area is 251 Å². The third-order valence-electron chi connectivity index (χ3n) is 7.99. The maximum Gasteiger partial charge on any atom is 0.167 e. The molecule has 2 fully saturated rings. The summed E-state index contributed by atoms with van der Waals surface area (Å²) in [5, 5.41) is 0. The van der Waals surface area contributed by atoms with Crippen LogP contribution in [0.1, 0.15) is 60.2 Å². The molecule has 42 heavy (non-hydrogen) atoms. The van der Waals surface area contributed by atoms with Gasteiger partial charge in [0, 0.05) is 62.2 Å². The third kappa shape index (κ3) is 9.90. The second-order valence-corrected chi connectivity index (χ2v) is 11.3. The number of carbonyl (C=O) groups excluding carboxylic acids is 2. The van der Waals surface area contributed by atoms with Gasteiger partial charge in [-0.2, -0.15) is 0 Å². The lowest BCUT2D eigenvalue weighted by Gasteiger charge is -2.32. The zero-order valence-corrected chi connectivity index (χ0v) is 25.4. The van der Waals surface area contributed by atoms with Crippen molar-refractivity contribution in [2.45, 2.75) is 39.5 Å². The topological polar surface area (TPSA) is 77.5 Å². The molecule has 0 spiro atoms. The highest BCUT2D eigenvalue weighted by atomic mass is 16.5. The molecule has 4 rings (SSSR count). The van der Waals surface area contributed by atoms with Gasteiger partial charge in [0.25, 0.3) is 0 Å². The fourth-order valence-electron chi connectivity index (χ4n) is 5.55. The molecule has 0 amide bonds. The van der Waals surface area contributed by atoms with Gasteiger partial charge in [0.2, 0.25) is 0 Å². The first-order valence-corrected chi connectivity index (χ1v) is 15.7. The van der Waals surface area contributed by atoms with Crippen molar-refractivity contribution in [3.05, 3.63) is 59.7 Å². The quantitative estimate of drug-likeness (QED) is 0.242.